The molecule has 0 amide bonds. The predicted octanol–water partition coefficient (Wildman–Crippen LogP) is 1.79. The molecule has 0 radical (unpaired) electrons. The second-order valence-electron chi connectivity index (χ2n) is 3.45. The first kappa shape index (κ1) is 12.3. The van der Waals surface area contributed by atoms with Gasteiger partial charge >= 0.3 is 0 Å². The van der Waals surface area contributed by atoms with Gasteiger partial charge in [0.15, 0.2) is 5.78 Å². The van der Waals surface area contributed by atoms with Gasteiger partial charge in [-0.15, -0.1) is 0 Å². The molecule has 6 nitrogen and oxygen atoms in total. The second kappa shape index (κ2) is 5.42. The number of ketones is 1. The summed E-state index contributed by atoms with van der Waals surface area (Å²) in [6.07, 6.45) is 2.74. The second-order valence-corrected chi connectivity index (χ2v) is 3.89. The summed E-state index contributed by atoms with van der Waals surface area (Å²) in [5.41, 5.74) is 3.48. The molecular weight excluding hydrogens is 254 g/mol. The van der Waals surface area contributed by atoms with Crippen molar-refractivity contribution in [3.05, 3.63) is 41.9 Å². The van der Waals surface area contributed by atoms with Crippen molar-refractivity contribution in [2.75, 3.05) is 5.43 Å². The van der Waals surface area contributed by atoms with E-state index in [0.29, 0.717) is 5.02 Å². The number of nitrogens with zero attached hydrogens (tertiary/aromatic N) is 4. The van der Waals surface area contributed by atoms with Crippen LogP contribution in [0.3, 0.4) is 0 Å². The number of carbonyl (C=O) groups is 1. The molecule has 0 atom stereocenters. The summed E-state index contributed by atoms with van der Waals surface area (Å²) in [5, 5.41) is 8.49. The molecule has 1 aromatic heterocycles. The molecule has 0 spiro atoms. The maximum atomic E-state index is 11.4. The molecule has 7 heteroatoms. The van der Waals surface area contributed by atoms with Crippen LogP contribution in [-0.4, -0.2) is 26.4 Å². The predicted molar refractivity (Wildman–Crippen MR) is 68.6 cm³/mol. The molecule has 0 unspecified atom stereocenters. The van der Waals surface area contributed by atoms with Gasteiger partial charge in [-0.25, -0.2) is 4.98 Å². The molecule has 0 saturated carbocycles. The minimum atomic E-state index is -0.220. The van der Waals surface area contributed by atoms with Crippen LogP contribution in [0.25, 0.3) is 0 Å². The summed E-state index contributed by atoms with van der Waals surface area (Å²) in [5.74, 6) is -0.0654. The first-order valence-electron chi connectivity index (χ1n) is 5.12. The fourth-order valence-electron chi connectivity index (χ4n) is 1.25. The van der Waals surface area contributed by atoms with Crippen LogP contribution in [0.4, 0.5) is 5.69 Å². The molecule has 18 heavy (non-hydrogen) atoms. The summed E-state index contributed by atoms with van der Waals surface area (Å²) in [4.78, 5) is 15.2. The van der Waals surface area contributed by atoms with E-state index in [1.165, 1.54) is 24.3 Å². The number of Topliss-reactive ketones (excluding diaryl/α,β-unsaturated/α-hetero) is 1. The van der Waals surface area contributed by atoms with Gasteiger partial charge in [-0.05, 0) is 24.3 Å². The van der Waals surface area contributed by atoms with Gasteiger partial charge in [-0.3, -0.25) is 10.2 Å². The van der Waals surface area contributed by atoms with Crippen LogP contribution in [-0.2, 0) is 4.79 Å². The summed E-state index contributed by atoms with van der Waals surface area (Å²) < 4.78 is 1.30. The number of carbonyl (C=O) groups excluding carboxylic acids is 1. The lowest BCUT2D eigenvalue weighted by Crippen LogP contribution is -2.22. The van der Waals surface area contributed by atoms with Gasteiger partial charge < -0.3 is 0 Å². The smallest absolute Gasteiger partial charge is 0.217 e. The highest BCUT2D eigenvalue weighted by molar-refractivity contribution is 6.38. The normalized spacial score (nSPS) is 11.3. The van der Waals surface area contributed by atoms with Gasteiger partial charge in [0.2, 0.25) is 5.84 Å². The van der Waals surface area contributed by atoms with Crippen LogP contribution < -0.4 is 5.43 Å². The van der Waals surface area contributed by atoms with Gasteiger partial charge in [0.25, 0.3) is 0 Å². The molecule has 92 valence electrons. The van der Waals surface area contributed by atoms with Crippen molar-refractivity contribution in [2.45, 2.75) is 6.92 Å². The van der Waals surface area contributed by atoms with E-state index in [-0.39, 0.29) is 11.6 Å². The number of rotatable bonds is 3. The number of halogens is 1. The number of hydrogen-bond donors (Lipinski definition) is 1. The fraction of sp³-hybridized carbons (Fsp3) is 0.0909. The van der Waals surface area contributed by atoms with E-state index in [2.05, 4.69) is 20.6 Å². The molecule has 0 aliphatic heterocycles. The lowest BCUT2D eigenvalue weighted by Gasteiger charge is -2.04. The Morgan fingerprint density at radius 3 is 2.67 bits per heavy atom. The Morgan fingerprint density at radius 1 is 1.39 bits per heavy atom. The van der Waals surface area contributed by atoms with Crippen LogP contribution in [0.2, 0.25) is 5.02 Å². The zero-order valence-electron chi connectivity index (χ0n) is 9.54. The Balaban J connectivity index is 2.20. The maximum Gasteiger partial charge on any atom is 0.217 e. The molecule has 0 aliphatic carbocycles. The molecule has 0 aliphatic rings. The van der Waals surface area contributed by atoms with Crippen molar-refractivity contribution >= 4 is 28.9 Å². The minimum Gasteiger partial charge on any atom is -0.291 e. The first-order valence-corrected chi connectivity index (χ1v) is 5.50. The zero-order valence-corrected chi connectivity index (χ0v) is 10.3. The van der Waals surface area contributed by atoms with Crippen LogP contribution in [0.5, 0.6) is 0 Å². The van der Waals surface area contributed by atoms with E-state index in [9.17, 15) is 4.79 Å². The third-order valence-corrected chi connectivity index (χ3v) is 2.34. The van der Waals surface area contributed by atoms with Crippen LogP contribution in [0.15, 0.2) is 42.0 Å². The average Bonchev–Trinajstić information content (AvgIpc) is 2.85. The average molecular weight is 264 g/mol. The Kier molecular flexibility index (Phi) is 3.69. The summed E-state index contributed by atoms with van der Waals surface area (Å²) in [7, 11) is 0. The maximum absolute atomic E-state index is 11.4. The quantitative estimate of drug-likeness (QED) is 0.521. The zero-order chi connectivity index (χ0) is 13.0. The number of anilines is 1. The monoisotopic (exact) mass is 263 g/mol. The molecule has 2 rings (SSSR count). The van der Waals surface area contributed by atoms with Gasteiger partial charge in [0.1, 0.15) is 12.7 Å². The molecule has 1 N–H and O–H groups in total. The van der Waals surface area contributed by atoms with Gasteiger partial charge in [0, 0.05) is 11.9 Å². The van der Waals surface area contributed by atoms with E-state index >= 15 is 0 Å². The van der Waals surface area contributed by atoms with E-state index in [1.54, 1.807) is 24.3 Å². The molecular formula is C11H10ClN5O. The van der Waals surface area contributed by atoms with Crippen molar-refractivity contribution in [1.82, 2.24) is 14.8 Å². The SMILES string of the molecule is CC(=O)/C(=N/Nc1ccc(Cl)cc1)n1cncn1. The molecule has 0 saturated heterocycles. The third kappa shape index (κ3) is 2.92. The highest BCUT2D eigenvalue weighted by Gasteiger charge is 2.09. The lowest BCUT2D eigenvalue weighted by atomic mass is 10.3. The number of nitrogens with one attached hydrogen (secondary N) is 1. The summed E-state index contributed by atoms with van der Waals surface area (Å²) in [6.45, 7) is 1.41. The minimum absolute atomic E-state index is 0.155. The highest BCUT2D eigenvalue weighted by Crippen LogP contribution is 2.13. The number of aromatic nitrogens is 3. The number of benzene rings is 1. The topological polar surface area (TPSA) is 72.2 Å². The van der Waals surface area contributed by atoms with Gasteiger partial charge in [-0.2, -0.15) is 14.9 Å². The molecule has 0 bridgehead atoms. The summed E-state index contributed by atoms with van der Waals surface area (Å²) >= 11 is 5.77. The highest BCUT2D eigenvalue weighted by atomic mass is 35.5. The van der Waals surface area contributed by atoms with E-state index in [0.717, 1.165) is 5.69 Å². The summed E-state index contributed by atoms with van der Waals surface area (Å²) in [6, 6.07) is 6.96. The van der Waals surface area contributed by atoms with Crippen molar-refractivity contribution in [2.24, 2.45) is 5.10 Å². The van der Waals surface area contributed by atoms with E-state index in [4.69, 9.17) is 11.6 Å². The Hall–Kier alpha value is -2.21. The standard InChI is InChI=1S/C11H10ClN5O/c1-8(18)11(17-7-13-6-14-17)16-15-10-4-2-9(12)3-5-10/h2-7,15H,1H3/b16-11-. The Bertz CT molecular complexity index is 562. The van der Waals surface area contributed by atoms with Gasteiger partial charge in [0.05, 0.1) is 5.69 Å². The van der Waals surface area contributed by atoms with Crippen LogP contribution in [0, 0.1) is 0 Å². The van der Waals surface area contributed by atoms with Crippen LogP contribution in [0.1, 0.15) is 6.92 Å². The third-order valence-electron chi connectivity index (χ3n) is 2.09. The van der Waals surface area contributed by atoms with E-state index in [1.807, 2.05) is 0 Å². The molecule has 2 aromatic rings. The molecule has 1 aromatic carbocycles. The number of hydrazone groups is 1. The Labute approximate surface area is 108 Å². The van der Waals surface area contributed by atoms with Crippen molar-refractivity contribution < 1.29 is 4.79 Å². The fourth-order valence-corrected chi connectivity index (χ4v) is 1.38. The van der Waals surface area contributed by atoms with E-state index < -0.39 is 0 Å². The molecule has 0 fully saturated rings. The molecule has 1 heterocycles. The number of hydrogen-bond acceptors (Lipinski definition) is 5. The van der Waals surface area contributed by atoms with Crippen molar-refractivity contribution in [3.63, 3.8) is 0 Å². The Morgan fingerprint density at radius 2 is 2.11 bits per heavy atom. The van der Waals surface area contributed by atoms with Crippen molar-refractivity contribution in [1.29, 1.82) is 0 Å². The first-order chi connectivity index (χ1) is 8.66. The van der Waals surface area contributed by atoms with Crippen LogP contribution >= 0.6 is 11.6 Å². The largest absolute Gasteiger partial charge is 0.291 e. The van der Waals surface area contributed by atoms with Crippen molar-refractivity contribution in [3.8, 4) is 0 Å². The lowest BCUT2D eigenvalue weighted by molar-refractivity contribution is -0.111. The van der Waals surface area contributed by atoms with Gasteiger partial charge in [-0.1, -0.05) is 11.6 Å².